The fourth-order valence-corrected chi connectivity index (χ4v) is 4.52. The third-order valence-corrected chi connectivity index (χ3v) is 6.16. The summed E-state index contributed by atoms with van der Waals surface area (Å²) in [6.45, 7) is 5.04. The zero-order valence-corrected chi connectivity index (χ0v) is 17.0. The number of piperazine rings is 1. The highest BCUT2D eigenvalue weighted by atomic mass is 16.2. The van der Waals surface area contributed by atoms with Gasteiger partial charge in [0, 0.05) is 57.3 Å². The van der Waals surface area contributed by atoms with Crippen LogP contribution in [0, 0.1) is 5.92 Å². The van der Waals surface area contributed by atoms with Crippen LogP contribution in [0.3, 0.4) is 0 Å². The Morgan fingerprint density at radius 1 is 0.867 bits per heavy atom. The van der Waals surface area contributed by atoms with Gasteiger partial charge in [-0.3, -0.25) is 9.78 Å². The molecule has 154 valence electrons. The Balaban J connectivity index is 1.23. The molecule has 1 aromatic carbocycles. The number of piperidine rings is 1. The van der Waals surface area contributed by atoms with Crippen molar-refractivity contribution < 1.29 is 4.79 Å². The number of anilines is 2. The highest BCUT2D eigenvalue weighted by Crippen LogP contribution is 2.26. The summed E-state index contributed by atoms with van der Waals surface area (Å²) in [7, 11) is 0. The van der Waals surface area contributed by atoms with E-state index < -0.39 is 0 Å². The lowest BCUT2D eigenvalue weighted by atomic mass is 9.95. The number of nitrogens with zero attached hydrogens (tertiary/aromatic N) is 6. The Hall–Kier alpha value is -3.22. The van der Waals surface area contributed by atoms with E-state index in [1.165, 1.54) is 5.69 Å². The van der Waals surface area contributed by atoms with E-state index in [0.29, 0.717) is 11.6 Å². The Morgan fingerprint density at radius 3 is 2.50 bits per heavy atom. The molecule has 0 saturated carbocycles. The molecular formula is C23H26N6O. The number of benzene rings is 1. The molecule has 2 saturated heterocycles. The van der Waals surface area contributed by atoms with E-state index in [-0.39, 0.29) is 5.92 Å². The van der Waals surface area contributed by atoms with Gasteiger partial charge in [0.05, 0.1) is 17.8 Å². The number of aromatic nitrogens is 3. The molecular weight excluding hydrogens is 376 g/mol. The van der Waals surface area contributed by atoms with Gasteiger partial charge in [0.25, 0.3) is 0 Å². The number of amides is 1. The van der Waals surface area contributed by atoms with Crippen molar-refractivity contribution >= 4 is 28.4 Å². The molecule has 0 radical (unpaired) electrons. The highest BCUT2D eigenvalue weighted by molar-refractivity contribution is 5.80. The van der Waals surface area contributed by atoms with Crippen LogP contribution in [0.15, 0.2) is 55.0 Å². The van der Waals surface area contributed by atoms with E-state index >= 15 is 0 Å². The molecule has 30 heavy (non-hydrogen) atoms. The van der Waals surface area contributed by atoms with Gasteiger partial charge in [0.1, 0.15) is 5.52 Å². The van der Waals surface area contributed by atoms with Gasteiger partial charge in [-0.15, -0.1) is 0 Å². The monoisotopic (exact) mass is 402 g/mol. The second kappa shape index (κ2) is 8.26. The van der Waals surface area contributed by atoms with E-state index in [9.17, 15) is 4.79 Å². The fraction of sp³-hybridized carbons (Fsp3) is 0.391. The van der Waals surface area contributed by atoms with Crippen LogP contribution in [0.25, 0.3) is 11.2 Å². The number of carbonyl (C=O) groups is 1. The maximum atomic E-state index is 13.2. The molecule has 2 aliphatic rings. The Bertz CT molecular complexity index is 1020. The van der Waals surface area contributed by atoms with Crippen molar-refractivity contribution in [1.82, 2.24) is 19.9 Å². The van der Waals surface area contributed by atoms with Gasteiger partial charge in [-0.2, -0.15) is 0 Å². The molecule has 0 aliphatic carbocycles. The van der Waals surface area contributed by atoms with Crippen molar-refractivity contribution in [2.24, 2.45) is 5.92 Å². The first kappa shape index (κ1) is 18.8. The topological polar surface area (TPSA) is 65.5 Å². The number of pyridine rings is 1. The SMILES string of the molecule is O=C([C@@H]1CCCN(c2cnc3nccnc3c2)C1)N1CCN(c2ccccc2)CC1. The van der Waals surface area contributed by atoms with Gasteiger partial charge >= 0.3 is 0 Å². The zero-order chi connectivity index (χ0) is 20.3. The van der Waals surface area contributed by atoms with Crippen LogP contribution in [0.1, 0.15) is 12.8 Å². The number of carbonyl (C=O) groups excluding carboxylic acids is 1. The average molecular weight is 403 g/mol. The Morgan fingerprint density at radius 2 is 1.67 bits per heavy atom. The van der Waals surface area contributed by atoms with Crippen LogP contribution < -0.4 is 9.80 Å². The molecule has 7 nitrogen and oxygen atoms in total. The molecule has 4 heterocycles. The van der Waals surface area contributed by atoms with Crippen molar-refractivity contribution in [3.63, 3.8) is 0 Å². The van der Waals surface area contributed by atoms with Gasteiger partial charge in [-0.25, -0.2) is 9.97 Å². The lowest BCUT2D eigenvalue weighted by Crippen LogP contribution is -2.52. The number of fused-ring (bicyclic) bond motifs is 1. The molecule has 7 heteroatoms. The van der Waals surface area contributed by atoms with E-state index in [0.717, 1.165) is 63.3 Å². The van der Waals surface area contributed by atoms with Crippen LogP contribution in [0.4, 0.5) is 11.4 Å². The standard InChI is InChI=1S/C23H26N6O/c30-23(28-13-11-27(12-14-28)19-6-2-1-3-7-19)18-5-4-10-29(17-18)20-15-21-22(26-16-20)25-9-8-24-21/h1-3,6-9,15-16,18H,4-5,10-14,17H2/t18-/m1/s1. The number of para-hydroxylation sites is 1. The normalized spacial score (nSPS) is 19.9. The van der Waals surface area contributed by atoms with E-state index in [1.807, 2.05) is 18.3 Å². The lowest BCUT2D eigenvalue weighted by Gasteiger charge is -2.40. The van der Waals surface area contributed by atoms with E-state index in [4.69, 9.17) is 0 Å². The average Bonchev–Trinajstić information content (AvgIpc) is 2.84. The van der Waals surface area contributed by atoms with Gasteiger partial charge in [0.2, 0.25) is 5.91 Å². The summed E-state index contributed by atoms with van der Waals surface area (Å²) in [5.74, 6) is 0.334. The molecule has 2 aromatic heterocycles. The summed E-state index contributed by atoms with van der Waals surface area (Å²) in [4.78, 5) is 33.0. The molecule has 2 fully saturated rings. The maximum Gasteiger partial charge on any atom is 0.227 e. The van der Waals surface area contributed by atoms with E-state index in [2.05, 4.69) is 53.9 Å². The molecule has 0 bridgehead atoms. The van der Waals surface area contributed by atoms with Crippen molar-refractivity contribution in [2.45, 2.75) is 12.8 Å². The quantitative estimate of drug-likeness (QED) is 0.671. The van der Waals surface area contributed by atoms with Crippen molar-refractivity contribution in [1.29, 1.82) is 0 Å². The molecule has 1 atom stereocenters. The van der Waals surface area contributed by atoms with Crippen LogP contribution in [0.2, 0.25) is 0 Å². The third kappa shape index (κ3) is 3.79. The minimum atomic E-state index is 0.0413. The first-order valence-electron chi connectivity index (χ1n) is 10.7. The molecule has 5 rings (SSSR count). The Labute approximate surface area is 176 Å². The predicted molar refractivity (Wildman–Crippen MR) is 118 cm³/mol. The Kier molecular flexibility index (Phi) is 5.17. The molecule has 0 N–H and O–H groups in total. The van der Waals surface area contributed by atoms with Crippen LogP contribution in [-0.4, -0.2) is 65.0 Å². The van der Waals surface area contributed by atoms with Crippen LogP contribution in [-0.2, 0) is 4.79 Å². The summed E-state index contributed by atoms with van der Waals surface area (Å²) in [5, 5.41) is 0. The smallest absolute Gasteiger partial charge is 0.227 e. The van der Waals surface area contributed by atoms with Gasteiger partial charge in [-0.1, -0.05) is 18.2 Å². The molecule has 3 aromatic rings. The molecule has 1 amide bonds. The molecule has 0 unspecified atom stereocenters. The number of hydrogen-bond acceptors (Lipinski definition) is 6. The first-order chi connectivity index (χ1) is 14.8. The largest absolute Gasteiger partial charge is 0.369 e. The van der Waals surface area contributed by atoms with Gasteiger partial charge < -0.3 is 14.7 Å². The summed E-state index contributed by atoms with van der Waals surface area (Å²) in [6, 6.07) is 12.5. The predicted octanol–water partition coefficient (Wildman–Crippen LogP) is 2.59. The summed E-state index contributed by atoms with van der Waals surface area (Å²) in [5.41, 5.74) is 3.71. The minimum absolute atomic E-state index is 0.0413. The number of hydrogen-bond donors (Lipinski definition) is 0. The second-order valence-corrected chi connectivity index (χ2v) is 8.03. The van der Waals surface area contributed by atoms with Crippen molar-refractivity contribution in [2.75, 3.05) is 49.1 Å². The van der Waals surface area contributed by atoms with Gasteiger partial charge in [-0.05, 0) is 31.0 Å². The van der Waals surface area contributed by atoms with E-state index in [1.54, 1.807) is 12.4 Å². The number of rotatable bonds is 3. The maximum absolute atomic E-state index is 13.2. The zero-order valence-electron chi connectivity index (χ0n) is 17.0. The van der Waals surface area contributed by atoms with Crippen molar-refractivity contribution in [3.05, 3.63) is 55.0 Å². The fourth-order valence-electron chi connectivity index (χ4n) is 4.52. The van der Waals surface area contributed by atoms with Crippen LogP contribution in [0.5, 0.6) is 0 Å². The first-order valence-corrected chi connectivity index (χ1v) is 10.7. The van der Waals surface area contributed by atoms with Crippen molar-refractivity contribution in [3.8, 4) is 0 Å². The molecule has 2 aliphatic heterocycles. The lowest BCUT2D eigenvalue weighted by molar-refractivity contribution is -0.136. The third-order valence-electron chi connectivity index (χ3n) is 6.16. The van der Waals surface area contributed by atoms with Crippen LogP contribution >= 0.6 is 0 Å². The summed E-state index contributed by atoms with van der Waals surface area (Å²) >= 11 is 0. The van der Waals surface area contributed by atoms with Gasteiger partial charge in [0.15, 0.2) is 5.65 Å². The second-order valence-electron chi connectivity index (χ2n) is 8.03. The molecule has 0 spiro atoms. The summed E-state index contributed by atoms with van der Waals surface area (Å²) in [6.07, 6.45) is 7.16. The highest BCUT2D eigenvalue weighted by Gasteiger charge is 2.31. The summed E-state index contributed by atoms with van der Waals surface area (Å²) < 4.78 is 0. The minimum Gasteiger partial charge on any atom is -0.369 e.